The van der Waals surface area contributed by atoms with Crippen molar-refractivity contribution in [3.8, 4) is 0 Å². The van der Waals surface area contributed by atoms with Gasteiger partial charge in [0.1, 0.15) is 0 Å². The van der Waals surface area contributed by atoms with E-state index in [0.29, 0.717) is 25.6 Å². The van der Waals surface area contributed by atoms with E-state index < -0.39 is 0 Å². The third kappa shape index (κ3) is 4.85. The number of carbonyl (C=O) groups is 2. The number of hydrogen-bond donors (Lipinski definition) is 1. The summed E-state index contributed by atoms with van der Waals surface area (Å²) in [7, 11) is 0. The molecule has 2 amide bonds. The van der Waals surface area contributed by atoms with Crippen LogP contribution in [0, 0.1) is 11.3 Å². The van der Waals surface area contributed by atoms with Crippen LogP contribution < -0.4 is 5.32 Å². The van der Waals surface area contributed by atoms with Gasteiger partial charge in [0, 0.05) is 31.6 Å². The molecule has 1 saturated carbocycles. The summed E-state index contributed by atoms with van der Waals surface area (Å²) in [6.45, 7) is 9.20. The highest BCUT2D eigenvalue weighted by Gasteiger charge is 2.34. The average molecular weight is 357 g/mol. The van der Waals surface area contributed by atoms with E-state index in [2.05, 4.69) is 22.3 Å². The Balaban J connectivity index is 1.49. The van der Waals surface area contributed by atoms with E-state index in [-0.39, 0.29) is 23.3 Å². The molecular formula is C21H31N3O2. The number of piperazine rings is 1. The Labute approximate surface area is 156 Å². The number of benzene rings is 1. The summed E-state index contributed by atoms with van der Waals surface area (Å²) in [6.07, 6.45) is 2.38. The van der Waals surface area contributed by atoms with Crippen molar-refractivity contribution in [3.05, 3.63) is 35.9 Å². The maximum absolute atomic E-state index is 12.6. The van der Waals surface area contributed by atoms with E-state index in [1.54, 1.807) is 0 Å². The Bertz CT molecular complexity index is 626. The highest BCUT2D eigenvalue weighted by atomic mass is 16.2. The Morgan fingerprint density at radius 2 is 1.69 bits per heavy atom. The van der Waals surface area contributed by atoms with Gasteiger partial charge in [-0.15, -0.1) is 0 Å². The first-order chi connectivity index (χ1) is 12.3. The molecule has 2 fully saturated rings. The molecule has 1 unspecified atom stereocenters. The molecule has 1 aliphatic heterocycles. The minimum Gasteiger partial charge on any atom is -0.348 e. The summed E-state index contributed by atoms with van der Waals surface area (Å²) in [5, 5.41) is 3.24. The van der Waals surface area contributed by atoms with Crippen LogP contribution in [0.25, 0.3) is 0 Å². The second-order valence-corrected chi connectivity index (χ2v) is 8.61. The first-order valence-electron chi connectivity index (χ1n) is 9.70. The number of carbonyl (C=O) groups excluding carboxylic acids is 2. The lowest BCUT2D eigenvalue weighted by Crippen LogP contribution is -2.53. The highest BCUT2D eigenvalue weighted by Crippen LogP contribution is 2.40. The molecule has 1 aromatic rings. The second kappa shape index (κ2) is 7.78. The minimum atomic E-state index is -0.341. The van der Waals surface area contributed by atoms with Crippen LogP contribution in [0.1, 0.15) is 45.2 Å². The maximum Gasteiger partial charge on any atom is 0.234 e. The van der Waals surface area contributed by atoms with Gasteiger partial charge in [-0.3, -0.25) is 14.5 Å². The van der Waals surface area contributed by atoms with Gasteiger partial charge in [-0.2, -0.15) is 0 Å². The quantitative estimate of drug-likeness (QED) is 0.881. The molecule has 0 spiro atoms. The lowest BCUT2D eigenvalue weighted by Gasteiger charge is -2.37. The largest absolute Gasteiger partial charge is 0.348 e. The summed E-state index contributed by atoms with van der Waals surface area (Å²) in [5.41, 5.74) is 0.858. The Hall–Kier alpha value is -1.88. The number of amides is 2. The van der Waals surface area contributed by atoms with Gasteiger partial charge < -0.3 is 10.2 Å². The van der Waals surface area contributed by atoms with Crippen LogP contribution in [0.4, 0.5) is 0 Å². The van der Waals surface area contributed by atoms with Crippen LogP contribution in [0.3, 0.4) is 0 Å². The van der Waals surface area contributed by atoms with Crippen molar-refractivity contribution >= 4 is 11.8 Å². The first-order valence-corrected chi connectivity index (χ1v) is 9.70. The molecule has 0 bridgehead atoms. The zero-order valence-corrected chi connectivity index (χ0v) is 16.2. The molecule has 26 heavy (non-hydrogen) atoms. The summed E-state index contributed by atoms with van der Waals surface area (Å²) in [4.78, 5) is 29.0. The summed E-state index contributed by atoms with van der Waals surface area (Å²) in [5.74, 6) is 0.850. The normalized spacial score (nSPS) is 19.9. The zero-order chi connectivity index (χ0) is 18.7. The van der Waals surface area contributed by atoms with Crippen LogP contribution in [-0.4, -0.2) is 54.3 Å². The third-order valence-electron chi connectivity index (χ3n) is 5.24. The van der Waals surface area contributed by atoms with Gasteiger partial charge in [-0.05, 0) is 24.3 Å². The van der Waals surface area contributed by atoms with Gasteiger partial charge in [0.05, 0.1) is 12.6 Å². The molecule has 0 radical (unpaired) electrons. The molecule has 142 valence electrons. The van der Waals surface area contributed by atoms with Crippen molar-refractivity contribution in [2.75, 3.05) is 32.7 Å². The van der Waals surface area contributed by atoms with Crippen molar-refractivity contribution in [1.29, 1.82) is 0 Å². The van der Waals surface area contributed by atoms with Crippen molar-refractivity contribution in [3.63, 3.8) is 0 Å². The van der Waals surface area contributed by atoms with Crippen molar-refractivity contribution in [1.82, 2.24) is 15.1 Å². The maximum atomic E-state index is 12.6. The molecule has 1 saturated heterocycles. The predicted molar refractivity (Wildman–Crippen MR) is 103 cm³/mol. The number of rotatable bonds is 5. The fourth-order valence-corrected chi connectivity index (χ4v) is 3.57. The van der Waals surface area contributed by atoms with E-state index in [0.717, 1.165) is 13.1 Å². The summed E-state index contributed by atoms with van der Waals surface area (Å²) < 4.78 is 0. The van der Waals surface area contributed by atoms with Crippen LogP contribution in [-0.2, 0) is 9.59 Å². The second-order valence-electron chi connectivity index (χ2n) is 8.61. The lowest BCUT2D eigenvalue weighted by molar-refractivity contribution is -0.141. The summed E-state index contributed by atoms with van der Waals surface area (Å²) >= 11 is 0. The van der Waals surface area contributed by atoms with Gasteiger partial charge in [-0.1, -0.05) is 51.1 Å². The van der Waals surface area contributed by atoms with E-state index in [1.807, 2.05) is 43.9 Å². The van der Waals surface area contributed by atoms with E-state index in [1.165, 1.54) is 18.4 Å². The van der Waals surface area contributed by atoms with Crippen LogP contribution in [0.2, 0.25) is 0 Å². The third-order valence-corrected chi connectivity index (χ3v) is 5.24. The lowest BCUT2D eigenvalue weighted by atomic mass is 9.94. The van der Waals surface area contributed by atoms with Gasteiger partial charge in [0.15, 0.2) is 0 Å². The van der Waals surface area contributed by atoms with E-state index in [9.17, 15) is 9.59 Å². The van der Waals surface area contributed by atoms with Crippen molar-refractivity contribution in [2.24, 2.45) is 11.3 Å². The predicted octanol–water partition coefficient (Wildman–Crippen LogP) is 2.44. The topological polar surface area (TPSA) is 52.7 Å². The Kier molecular flexibility index (Phi) is 5.66. The van der Waals surface area contributed by atoms with Crippen LogP contribution in [0.5, 0.6) is 0 Å². The van der Waals surface area contributed by atoms with Crippen LogP contribution >= 0.6 is 0 Å². The number of nitrogens with zero attached hydrogens (tertiary/aromatic N) is 2. The van der Waals surface area contributed by atoms with E-state index >= 15 is 0 Å². The molecule has 1 aliphatic carbocycles. The number of nitrogens with one attached hydrogen (secondary N) is 1. The molecule has 5 nitrogen and oxygen atoms in total. The first kappa shape index (κ1) is 18.9. The fraction of sp³-hybridized carbons (Fsp3) is 0.619. The molecule has 3 rings (SSSR count). The molecule has 1 atom stereocenters. The standard InChI is InChI=1S/C21H31N3O2/c1-21(2,3)20(26)24-13-11-23(12-14-24)15-18(25)22-19(17-9-10-17)16-7-5-4-6-8-16/h4-8,17,19H,9-15H2,1-3H3,(H,22,25). The molecule has 1 heterocycles. The molecule has 1 N–H and O–H groups in total. The highest BCUT2D eigenvalue weighted by molar-refractivity contribution is 5.82. The van der Waals surface area contributed by atoms with Crippen molar-refractivity contribution in [2.45, 2.75) is 39.7 Å². The zero-order valence-electron chi connectivity index (χ0n) is 16.2. The Morgan fingerprint density at radius 3 is 2.23 bits per heavy atom. The molecule has 0 aromatic heterocycles. The molecule has 2 aliphatic rings. The smallest absolute Gasteiger partial charge is 0.234 e. The Morgan fingerprint density at radius 1 is 1.08 bits per heavy atom. The SMILES string of the molecule is CC(C)(C)C(=O)N1CCN(CC(=O)NC(c2ccccc2)C2CC2)CC1. The minimum absolute atomic E-state index is 0.0846. The van der Waals surface area contributed by atoms with Crippen LogP contribution in [0.15, 0.2) is 30.3 Å². The molecule has 1 aromatic carbocycles. The molecular weight excluding hydrogens is 326 g/mol. The van der Waals surface area contributed by atoms with E-state index in [4.69, 9.17) is 0 Å². The van der Waals surface area contributed by atoms with Crippen molar-refractivity contribution < 1.29 is 9.59 Å². The van der Waals surface area contributed by atoms with Gasteiger partial charge >= 0.3 is 0 Å². The number of hydrogen-bond acceptors (Lipinski definition) is 3. The van der Waals surface area contributed by atoms with Gasteiger partial charge in [-0.25, -0.2) is 0 Å². The van der Waals surface area contributed by atoms with Gasteiger partial charge in [0.25, 0.3) is 0 Å². The monoisotopic (exact) mass is 357 g/mol. The molecule has 5 heteroatoms. The fourth-order valence-electron chi connectivity index (χ4n) is 3.57. The van der Waals surface area contributed by atoms with Gasteiger partial charge in [0.2, 0.25) is 11.8 Å². The summed E-state index contributed by atoms with van der Waals surface area (Å²) in [6, 6.07) is 10.4. The average Bonchev–Trinajstić information content (AvgIpc) is 3.45.